The van der Waals surface area contributed by atoms with Gasteiger partial charge in [-0.1, -0.05) is 25.1 Å². The van der Waals surface area contributed by atoms with Crippen LogP contribution in [-0.2, 0) is 10.0 Å². The molecule has 10 heteroatoms. The van der Waals surface area contributed by atoms with E-state index < -0.39 is 38.7 Å². The third-order valence-corrected chi connectivity index (χ3v) is 6.70. The summed E-state index contributed by atoms with van der Waals surface area (Å²) < 4.78 is 55.9. The number of ketones is 1. The van der Waals surface area contributed by atoms with Crippen LogP contribution in [0, 0.1) is 17.0 Å². The first-order chi connectivity index (χ1) is 16.2. The van der Waals surface area contributed by atoms with Gasteiger partial charge in [-0.25, -0.2) is 22.2 Å². The molecule has 0 radical (unpaired) electrons. The third-order valence-electron chi connectivity index (χ3n) is 5.22. The van der Waals surface area contributed by atoms with Crippen LogP contribution < -0.4 is 4.72 Å². The van der Waals surface area contributed by atoms with E-state index in [1.54, 1.807) is 37.4 Å². The number of hydrogen-bond acceptors (Lipinski definition) is 5. The molecule has 0 bridgehead atoms. The number of hydrogen-bond donors (Lipinski definition) is 3. The highest BCUT2D eigenvalue weighted by Crippen LogP contribution is 2.29. The average Bonchev–Trinajstić information content (AvgIpc) is 3.24. The van der Waals surface area contributed by atoms with Crippen molar-refractivity contribution in [1.29, 1.82) is 5.41 Å². The summed E-state index contributed by atoms with van der Waals surface area (Å²) in [4.78, 5) is 20.3. The first-order valence-corrected chi connectivity index (χ1v) is 12.0. The summed E-state index contributed by atoms with van der Waals surface area (Å²) in [5.74, 6) is -3.60. The van der Waals surface area contributed by atoms with Crippen LogP contribution in [0.5, 0.6) is 0 Å². The minimum Gasteiger partial charge on any atom is -0.345 e. The third kappa shape index (κ3) is 4.44. The molecular formula is C24H20F2N4O3S. The van der Waals surface area contributed by atoms with E-state index in [9.17, 15) is 17.6 Å². The van der Waals surface area contributed by atoms with Crippen molar-refractivity contribution in [2.45, 2.75) is 13.3 Å². The van der Waals surface area contributed by atoms with E-state index in [2.05, 4.69) is 14.7 Å². The van der Waals surface area contributed by atoms with Gasteiger partial charge >= 0.3 is 0 Å². The largest absolute Gasteiger partial charge is 0.345 e. The summed E-state index contributed by atoms with van der Waals surface area (Å²) in [5, 5.41) is 7.77. The lowest BCUT2D eigenvalue weighted by Gasteiger charge is -2.11. The number of nitrogens with zero attached hydrogens (tertiary/aromatic N) is 1. The lowest BCUT2D eigenvalue weighted by molar-refractivity contribution is 0.103. The van der Waals surface area contributed by atoms with Gasteiger partial charge in [0.25, 0.3) is 0 Å². The Kier molecular flexibility index (Phi) is 6.25. The van der Waals surface area contributed by atoms with Crippen LogP contribution in [0.1, 0.15) is 34.8 Å². The second-order valence-electron chi connectivity index (χ2n) is 7.63. The van der Waals surface area contributed by atoms with E-state index in [4.69, 9.17) is 5.41 Å². The second-order valence-corrected chi connectivity index (χ2v) is 9.47. The van der Waals surface area contributed by atoms with Crippen LogP contribution in [0.2, 0.25) is 0 Å². The van der Waals surface area contributed by atoms with Crippen LogP contribution in [0.3, 0.4) is 0 Å². The molecule has 0 amide bonds. The van der Waals surface area contributed by atoms with Crippen LogP contribution in [0.4, 0.5) is 14.5 Å². The highest BCUT2D eigenvalue weighted by molar-refractivity contribution is 7.92. The molecule has 7 nitrogen and oxygen atoms in total. The minimum atomic E-state index is -3.85. The molecule has 0 saturated heterocycles. The molecular weight excluding hydrogens is 462 g/mol. The van der Waals surface area contributed by atoms with Crippen molar-refractivity contribution in [2.75, 3.05) is 10.5 Å². The molecule has 0 saturated carbocycles. The van der Waals surface area contributed by atoms with Gasteiger partial charge < -0.3 is 10.4 Å². The smallest absolute Gasteiger partial charge is 0.232 e. The van der Waals surface area contributed by atoms with E-state index in [0.717, 1.165) is 17.7 Å². The zero-order valence-corrected chi connectivity index (χ0v) is 18.8. The van der Waals surface area contributed by atoms with E-state index in [1.165, 1.54) is 12.4 Å². The number of nitrogens with one attached hydrogen (secondary N) is 3. The number of aromatic amines is 1. The van der Waals surface area contributed by atoms with E-state index >= 15 is 4.39 Å². The fourth-order valence-electron chi connectivity index (χ4n) is 3.62. The van der Waals surface area contributed by atoms with E-state index in [0.29, 0.717) is 28.6 Å². The predicted molar refractivity (Wildman–Crippen MR) is 127 cm³/mol. The number of pyridine rings is 1. The maximum atomic E-state index is 15.1. The zero-order chi connectivity index (χ0) is 24.5. The Morgan fingerprint density at radius 3 is 2.71 bits per heavy atom. The summed E-state index contributed by atoms with van der Waals surface area (Å²) in [6.07, 6.45) is 4.40. The fourth-order valence-corrected chi connectivity index (χ4v) is 4.75. The number of carbonyl (C=O) groups excluding carboxylic acids is 1. The molecule has 34 heavy (non-hydrogen) atoms. The molecule has 2 heterocycles. The lowest BCUT2D eigenvalue weighted by Crippen LogP contribution is -2.18. The van der Waals surface area contributed by atoms with Gasteiger partial charge in [0.1, 0.15) is 11.5 Å². The van der Waals surface area contributed by atoms with Crippen molar-refractivity contribution in [1.82, 2.24) is 9.97 Å². The summed E-state index contributed by atoms with van der Waals surface area (Å²) in [6.45, 7) is 1.65. The van der Waals surface area contributed by atoms with Gasteiger partial charge in [-0.2, -0.15) is 0 Å². The van der Waals surface area contributed by atoms with Crippen LogP contribution >= 0.6 is 0 Å². The Morgan fingerprint density at radius 2 is 1.97 bits per heavy atom. The zero-order valence-electron chi connectivity index (χ0n) is 18.0. The Balaban J connectivity index is 1.79. The monoisotopic (exact) mass is 482 g/mol. The van der Waals surface area contributed by atoms with Gasteiger partial charge in [0.2, 0.25) is 15.8 Å². The van der Waals surface area contributed by atoms with Gasteiger partial charge in [0.05, 0.1) is 17.0 Å². The van der Waals surface area contributed by atoms with Crippen molar-refractivity contribution >= 4 is 38.7 Å². The Bertz CT molecular complexity index is 1530. The minimum absolute atomic E-state index is 0.0149. The van der Waals surface area contributed by atoms with Crippen molar-refractivity contribution in [2.24, 2.45) is 0 Å². The number of H-pyrrole nitrogens is 1. The number of aromatic nitrogens is 2. The van der Waals surface area contributed by atoms with Crippen molar-refractivity contribution in [3.63, 3.8) is 0 Å². The molecule has 2 aromatic heterocycles. The van der Waals surface area contributed by atoms with Gasteiger partial charge in [0, 0.05) is 35.1 Å². The fraction of sp³-hybridized carbons (Fsp3) is 0.125. The number of halogens is 2. The Labute approximate surface area is 194 Å². The molecule has 3 N–H and O–H groups in total. The highest BCUT2D eigenvalue weighted by Gasteiger charge is 2.26. The van der Waals surface area contributed by atoms with Crippen LogP contribution in [0.25, 0.3) is 22.2 Å². The van der Waals surface area contributed by atoms with Gasteiger partial charge in [0.15, 0.2) is 5.82 Å². The Morgan fingerprint density at radius 1 is 1.18 bits per heavy atom. The molecule has 0 atom stereocenters. The molecule has 0 unspecified atom stereocenters. The van der Waals surface area contributed by atoms with Crippen LogP contribution in [0.15, 0.2) is 54.9 Å². The topological polar surface area (TPSA) is 116 Å². The van der Waals surface area contributed by atoms with Crippen molar-refractivity contribution < 1.29 is 22.0 Å². The number of sulfonamides is 1. The van der Waals surface area contributed by atoms with Crippen LogP contribution in [-0.4, -0.2) is 36.1 Å². The van der Waals surface area contributed by atoms with Gasteiger partial charge in [-0.05, 0) is 41.8 Å². The maximum absolute atomic E-state index is 15.1. The molecule has 0 aliphatic rings. The molecule has 0 aliphatic carbocycles. The van der Waals surface area contributed by atoms with Crippen molar-refractivity contribution in [3.8, 4) is 11.1 Å². The number of rotatable bonds is 8. The molecule has 4 rings (SSSR count). The Hall–Kier alpha value is -3.92. The molecule has 174 valence electrons. The first-order valence-electron chi connectivity index (χ1n) is 10.3. The standard InChI is InChI=1S/C24H20F2N4O3S/c1-2-8-34(32,33)30-20-7-6-19(25)21(22(20)26)23(31)18-13-29-24-17(18)10-16(12-28-24)15-5-3-4-14(9-15)11-27/h3-7,9-13,27,30H,2,8H2,1H3,(H,28,29). The van der Waals surface area contributed by atoms with Gasteiger partial charge in [-0.15, -0.1) is 0 Å². The summed E-state index contributed by atoms with van der Waals surface area (Å²) in [5.41, 5.74) is 1.03. The highest BCUT2D eigenvalue weighted by atomic mass is 32.2. The summed E-state index contributed by atoms with van der Waals surface area (Å²) in [7, 11) is -3.85. The van der Waals surface area contributed by atoms with Crippen molar-refractivity contribution in [3.05, 3.63) is 83.2 Å². The molecule has 0 aliphatic heterocycles. The normalized spacial score (nSPS) is 11.5. The molecule has 0 spiro atoms. The SMILES string of the molecule is CCCS(=O)(=O)Nc1ccc(F)c(C(=O)c2c[nH]c3ncc(-c4cccc(C=N)c4)cc23)c1F. The molecule has 2 aromatic carbocycles. The van der Waals surface area contributed by atoms with Gasteiger partial charge in [-0.3, -0.25) is 9.52 Å². The molecule has 0 fully saturated rings. The molecule has 4 aromatic rings. The number of benzene rings is 2. The number of fused-ring (bicyclic) bond motifs is 1. The average molecular weight is 483 g/mol. The summed E-state index contributed by atoms with van der Waals surface area (Å²) in [6, 6.07) is 10.6. The second kappa shape index (κ2) is 9.14. The quantitative estimate of drug-likeness (QED) is 0.245. The van der Waals surface area contributed by atoms with E-state index in [-0.39, 0.29) is 11.3 Å². The predicted octanol–water partition coefficient (Wildman–Crippen LogP) is 4.89. The lowest BCUT2D eigenvalue weighted by atomic mass is 9.99. The first kappa shape index (κ1) is 23.2. The number of carbonyl (C=O) groups is 1. The maximum Gasteiger partial charge on any atom is 0.232 e. The summed E-state index contributed by atoms with van der Waals surface area (Å²) >= 11 is 0. The van der Waals surface area contributed by atoms with E-state index in [1.807, 2.05) is 6.07 Å². The number of anilines is 1.